The van der Waals surface area contributed by atoms with Crippen molar-refractivity contribution >= 4 is 46.5 Å². The molecule has 1 spiro atoms. The van der Waals surface area contributed by atoms with Gasteiger partial charge in [0.2, 0.25) is 11.8 Å². The van der Waals surface area contributed by atoms with Crippen molar-refractivity contribution in [3.05, 3.63) is 69.3 Å². The Morgan fingerprint density at radius 1 is 1.00 bits per heavy atom. The number of nitrogens with zero attached hydrogens (tertiary/aromatic N) is 5. The molecular formula is C28H30Cl2N6O2. The Hall–Kier alpha value is -2.94. The molecule has 2 amide bonds. The maximum Gasteiger partial charge on any atom is 0.244 e. The van der Waals surface area contributed by atoms with E-state index in [0.717, 1.165) is 42.9 Å². The first kappa shape index (κ1) is 25.3. The molecule has 0 radical (unpaired) electrons. The molecule has 1 N–H and O–H groups in total. The zero-order chi connectivity index (χ0) is 26.4. The Kier molecular flexibility index (Phi) is 6.66. The number of fused-ring (bicyclic) bond motifs is 4. The molecule has 198 valence electrons. The zero-order valence-corrected chi connectivity index (χ0v) is 22.8. The maximum atomic E-state index is 14.3. The van der Waals surface area contributed by atoms with Crippen molar-refractivity contribution < 1.29 is 9.59 Å². The van der Waals surface area contributed by atoms with E-state index < -0.39 is 5.41 Å². The van der Waals surface area contributed by atoms with E-state index in [1.165, 1.54) is 19.3 Å². The lowest BCUT2D eigenvalue weighted by molar-refractivity contribution is -0.126. The number of piperidine rings is 1. The predicted octanol–water partition coefficient (Wildman–Crippen LogP) is 5.05. The third kappa shape index (κ3) is 4.19. The van der Waals surface area contributed by atoms with Crippen molar-refractivity contribution in [2.75, 3.05) is 36.4 Å². The minimum Gasteiger partial charge on any atom is -0.311 e. The second-order valence-electron chi connectivity index (χ2n) is 10.5. The van der Waals surface area contributed by atoms with Crippen LogP contribution in [0.25, 0.3) is 0 Å². The van der Waals surface area contributed by atoms with Crippen LogP contribution in [0.4, 0.5) is 11.5 Å². The molecule has 1 aromatic heterocycles. The fraction of sp³-hybridized carbons (Fsp3) is 0.429. The topological polar surface area (TPSA) is 83.4 Å². The number of amides is 2. The summed E-state index contributed by atoms with van der Waals surface area (Å²) in [4.78, 5) is 31.8. The normalized spacial score (nSPS) is 21.9. The molecular weight excluding hydrogens is 523 g/mol. The third-order valence-electron chi connectivity index (χ3n) is 8.13. The van der Waals surface area contributed by atoms with E-state index in [1.807, 2.05) is 48.2 Å². The Labute approximate surface area is 231 Å². The van der Waals surface area contributed by atoms with Gasteiger partial charge in [-0.15, -0.1) is 5.10 Å². The molecule has 1 fully saturated rings. The van der Waals surface area contributed by atoms with Gasteiger partial charge in [-0.2, -0.15) is 0 Å². The number of anilines is 2. The van der Waals surface area contributed by atoms with Crippen LogP contribution in [0.5, 0.6) is 0 Å². The van der Waals surface area contributed by atoms with Crippen molar-refractivity contribution in [3.63, 3.8) is 0 Å². The molecule has 2 aromatic carbocycles. The summed E-state index contributed by atoms with van der Waals surface area (Å²) in [7, 11) is 0. The summed E-state index contributed by atoms with van der Waals surface area (Å²) in [5.41, 5.74) is 1.66. The van der Waals surface area contributed by atoms with Crippen molar-refractivity contribution in [2.45, 2.75) is 50.5 Å². The zero-order valence-electron chi connectivity index (χ0n) is 21.3. The number of nitrogens with one attached hydrogen (secondary N) is 1. The highest BCUT2D eigenvalue weighted by atomic mass is 35.5. The van der Waals surface area contributed by atoms with E-state index in [0.29, 0.717) is 28.1 Å². The SMILES string of the molecule is CC(c1ccc(Cl)cc1)n1nnc2c1NC(=O)C[C@]21C(=O)N(CCCN2CCCCC2)c2ccc(Cl)cc21. The van der Waals surface area contributed by atoms with E-state index in [2.05, 4.69) is 20.5 Å². The quantitative estimate of drug-likeness (QED) is 0.462. The monoisotopic (exact) mass is 552 g/mol. The molecule has 0 aliphatic carbocycles. The smallest absolute Gasteiger partial charge is 0.244 e. The van der Waals surface area contributed by atoms with Gasteiger partial charge in [0.05, 0.1) is 12.5 Å². The summed E-state index contributed by atoms with van der Waals surface area (Å²) in [5, 5.41) is 13.1. The van der Waals surface area contributed by atoms with Crippen LogP contribution in [0.3, 0.4) is 0 Å². The molecule has 1 unspecified atom stereocenters. The lowest BCUT2D eigenvalue weighted by atomic mass is 9.73. The summed E-state index contributed by atoms with van der Waals surface area (Å²) in [6.07, 6.45) is 4.57. The van der Waals surface area contributed by atoms with Gasteiger partial charge in [0.25, 0.3) is 0 Å². The van der Waals surface area contributed by atoms with Gasteiger partial charge in [-0.25, -0.2) is 4.68 Å². The fourth-order valence-electron chi connectivity index (χ4n) is 6.15. The summed E-state index contributed by atoms with van der Waals surface area (Å²) < 4.78 is 1.67. The van der Waals surface area contributed by atoms with Gasteiger partial charge in [0, 0.05) is 22.3 Å². The number of carbonyl (C=O) groups is 2. The van der Waals surface area contributed by atoms with E-state index in [9.17, 15) is 9.59 Å². The van der Waals surface area contributed by atoms with Gasteiger partial charge in [0.1, 0.15) is 11.1 Å². The average molecular weight is 553 g/mol. The molecule has 3 aliphatic heterocycles. The summed E-state index contributed by atoms with van der Waals surface area (Å²) in [6.45, 7) is 5.71. The van der Waals surface area contributed by atoms with Crippen LogP contribution in [-0.4, -0.2) is 57.9 Å². The Bertz CT molecular complexity index is 1380. The van der Waals surface area contributed by atoms with Crippen LogP contribution in [0.2, 0.25) is 10.0 Å². The fourth-order valence-corrected chi connectivity index (χ4v) is 6.45. The first-order chi connectivity index (χ1) is 18.4. The van der Waals surface area contributed by atoms with Gasteiger partial charge in [0.15, 0.2) is 5.82 Å². The van der Waals surface area contributed by atoms with Crippen LogP contribution < -0.4 is 10.2 Å². The Morgan fingerprint density at radius 3 is 2.50 bits per heavy atom. The molecule has 6 rings (SSSR count). The molecule has 4 heterocycles. The van der Waals surface area contributed by atoms with Crippen molar-refractivity contribution in [3.8, 4) is 0 Å². The van der Waals surface area contributed by atoms with Crippen molar-refractivity contribution in [1.29, 1.82) is 0 Å². The number of rotatable bonds is 6. The number of likely N-dealkylation sites (tertiary alicyclic amines) is 1. The Balaban J connectivity index is 1.37. The minimum absolute atomic E-state index is 0.0389. The second kappa shape index (κ2) is 9.98. The van der Waals surface area contributed by atoms with Crippen LogP contribution in [0.1, 0.15) is 61.9 Å². The number of hydrogen-bond donors (Lipinski definition) is 1. The number of halogens is 2. The first-order valence-electron chi connectivity index (χ1n) is 13.2. The standard InChI is InChI=1S/C28H30Cl2N6O2/c1-18(19-6-8-20(29)9-7-19)36-26-25(32-33-36)28(17-24(37)31-26)22-16-21(30)10-11-23(22)35(27(28)38)15-5-14-34-12-3-2-4-13-34/h6-11,16,18H,2-5,12-15,17H2,1H3,(H,31,37)/t18?,28-/m1/s1. The molecule has 10 heteroatoms. The lowest BCUT2D eigenvalue weighted by Crippen LogP contribution is -2.47. The molecule has 0 bridgehead atoms. The summed E-state index contributed by atoms with van der Waals surface area (Å²) in [6, 6.07) is 12.7. The Morgan fingerprint density at radius 2 is 1.74 bits per heavy atom. The molecule has 8 nitrogen and oxygen atoms in total. The van der Waals surface area contributed by atoms with Gasteiger partial charge < -0.3 is 15.1 Å². The molecule has 38 heavy (non-hydrogen) atoms. The second-order valence-corrected chi connectivity index (χ2v) is 11.3. The highest BCUT2D eigenvalue weighted by Crippen LogP contribution is 2.52. The first-order valence-corrected chi connectivity index (χ1v) is 14.0. The number of hydrogen-bond acceptors (Lipinski definition) is 5. The minimum atomic E-state index is -1.26. The van der Waals surface area contributed by atoms with E-state index >= 15 is 0 Å². The highest BCUT2D eigenvalue weighted by Gasteiger charge is 2.58. The third-order valence-corrected chi connectivity index (χ3v) is 8.61. The molecule has 1 saturated heterocycles. The van der Waals surface area contributed by atoms with Crippen LogP contribution >= 0.6 is 23.2 Å². The van der Waals surface area contributed by atoms with E-state index in [4.69, 9.17) is 23.2 Å². The van der Waals surface area contributed by atoms with Gasteiger partial charge >= 0.3 is 0 Å². The largest absolute Gasteiger partial charge is 0.311 e. The maximum absolute atomic E-state index is 14.3. The van der Waals surface area contributed by atoms with Crippen LogP contribution in [0, 0.1) is 0 Å². The van der Waals surface area contributed by atoms with Gasteiger partial charge in [-0.3, -0.25) is 9.59 Å². The van der Waals surface area contributed by atoms with Crippen molar-refractivity contribution in [1.82, 2.24) is 19.9 Å². The molecule has 0 saturated carbocycles. The van der Waals surface area contributed by atoms with Crippen molar-refractivity contribution in [2.24, 2.45) is 0 Å². The van der Waals surface area contributed by atoms with Gasteiger partial charge in [-0.1, -0.05) is 47.0 Å². The predicted molar refractivity (Wildman–Crippen MR) is 148 cm³/mol. The average Bonchev–Trinajstić information content (AvgIpc) is 3.43. The molecule has 3 aromatic rings. The van der Waals surface area contributed by atoms with Crippen LogP contribution in [-0.2, 0) is 15.0 Å². The lowest BCUT2D eigenvalue weighted by Gasteiger charge is -2.32. The van der Waals surface area contributed by atoms with Gasteiger partial charge in [-0.05, 0) is 87.3 Å². The van der Waals surface area contributed by atoms with Crippen LogP contribution in [0.15, 0.2) is 42.5 Å². The number of aromatic nitrogens is 3. The van der Waals surface area contributed by atoms with E-state index in [-0.39, 0.29) is 24.3 Å². The molecule has 2 atom stereocenters. The highest BCUT2D eigenvalue weighted by molar-refractivity contribution is 6.31. The summed E-state index contributed by atoms with van der Waals surface area (Å²) >= 11 is 12.5. The summed E-state index contributed by atoms with van der Waals surface area (Å²) in [5.74, 6) is 0.0487. The number of benzene rings is 2. The molecule has 3 aliphatic rings. The number of carbonyl (C=O) groups excluding carboxylic acids is 2. The van der Waals surface area contributed by atoms with E-state index in [1.54, 1.807) is 10.7 Å².